The summed E-state index contributed by atoms with van der Waals surface area (Å²) in [5.74, 6) is 0.186. The van der Waals surface area contributed by atoms with Gasteiger partial charge >= 0.3 is 5.97 Å². The van der Waals surface area contributed by atoms with E-state index in [2.05, 4.69) is 9.97 Å². The van der Waals surface area contributed by atoms with Crippen molar-refractivity contribution in [1.82, 2.24) is 9.97 Å². The lowest BCUT2D eigenvalue weighted by Crippen LogP contribution is -2.12. The van der Waals surface area contributed by atoms with E-state index in [4.69, 9.17) is 16.7 Å². The summed E-state index contributed by atoms with van der Waals surface area (Å²) in [6.07, 6.45) is 0. The molecule has 1 aromatic rings. The summed E-state index contributed by atoms with van der Waals surface area (Å²) in [5, 5.41) is 8.61. The van der Waals surface area contributed by atoms with E-state index in [0.717, 1.165) is 5.69 Å². The zero-order chi connectivity index (χ0) is 11.4. The van der Waals surface area contributed by atoms with Crippen molar-refractivity contribution in [2.75, 3.05) is 0 Å². The second-order valence-electron chi connectivity index (χ2n) is 3.04. The van der Waals surface area contributed by atoms with Gasteiger partial charge in [0.25, 0.3) is 0 Å². The van der Waals surface area contributed by atoms with Crippen LogP contribution in [0, 0.1) is 6.92 Å². The molecule has 1 N–H and O–H groups in total. The summed E-state index contributed by atoms with van der Waals surface area (Å²) in [7, 11) is 0. The first kappa shape index (κ1) is 12.3. The van der Waals surface area contributed by atoms with Gasteiger partial charge in [0.1, 0.15) is 11.0 Å². The summed E-state index contributed by atoms with van der Waals surface area (Å²) in [5.41, 5.74) is 0.786. The van der Waals surface area contributed by atoms with E-state index in [1.54, 1.807) is 13.0 Å². The lowest BCUT2D eigenvalue weighted by molar-refractivity contribution is -0.136. The minimum absolute atomic E-state index is 0.390. The number of aryl methyl sites for hydroxylation is 1. The Hall–Kier alpha value is -0.810. The Morgan fingerprint density at radius 3 is 2.87 bits per heavy atom. The normalized spacial score (nSPS) is 12.5. The summed E-state index contributed by atoms with van der Waals surface area (Å²) in [6, 6.07) is 1.66. The van der Waals surface area contributed by atoms with Crippen molar-refractivity contribution >= 4 is 29.3 Å². The number of hydrogen-bond donors (Lipinski definition) is 1. The number of nitrogens with zero attached hydrogens (tertiary/aromatic N) is 2. The highest BCUT2D eigenvalue weighted by molar-refractivity contribution is 7.99. The largest absolute Gasteiger partial charge is 0.480 e. The number of halogens is 1. The molecule has 0 fully saturated rings. The Labute approximate surface area is 97.1 Å². The minimum atomic E-state index is -0.834. The number of aliphatic carboxylic acids is 1. The monoisotopic (exact) mass is 246 g/mol. The van der Waals surface area contributed by atoms with Crippen LogP contribution in [0.25, 0.3) is 0 Å². The van der Waals surface area contributed by atoms with Gasteiger partial charge in [0.2, 0.25) is 0 Å². The fourth-order valence-electron chi connectivity index (χ4n) is 0.924. The van der Waals surface area contributed by atoms with Crippen LogP contribution in [0.1, 0.15) is 18.4 Å². The first-order valence-corrected chi connectivity index (χ1v) is 5.76. The average molecular weight is 247 g/mol. The number of carboxylic acid groups (broad SMARTS) is 1. The third kappa shape index (κ3) is 4.05. The highest BCUT2D eigenvalue weighted by Crippen LogP contribution is 2.17. The van der Waals surface area contributed by atoms with Crippen molar-refractivity contribution < 1.29 is 9.90 Å². The molecular formula is C9H11ClN2O2S. The first-order chi connectivity index (χ1) is 6.99. The summed E-state index contributed by atoms with van der Waals surface area (Å²) < 4.78 is 0. The minimum Gasteiger partial charge on any atom is -0.480 e. The zero-order valence-electron chi connectivity index (χ0n) is 8.40. The molecule has 1 aromatic heterocycles. The molecule has 0 aliphatic rings. The van der Waals surface area contributed by atoms with Crippen LogP contribution in [0.15, 0.2) is 6.07 Å². The number of hydrogen-bond acceptors (Lipinski definition) is 4. The van der Waals surface area contributed by atoms with E-state index < -0.39 is 11.2 Å². The Balaban J connectivity index is 2.61. The molecule has 0 aliphatic carbocycles. The van der Waals surface area contributed by atoms with E-state index in [1.807, 2.05) is 6.92 Å². The molecule has 1 atom stereocenters. The van der Waals surface area contributed by atoms with Gasteiger partial charge in [-0.05, 0) is 19.9 Å². The van der Waals surface area contributed by atoms with Gasteiger partial charge in [-0.1, -0.05) is 11.6 Å². The van der Waals surface area contributed by atoms with Crippen molar-refractivity contribution in [3.63, 3.8) is 0 Å². The Bertz CT molecular complexity index is 353. The van der Waals surface area contributed by atoms with E-state index >= 15 is 0 Å². The standard InChI is InChI=1S/C9H11ClN2O2S/c1-5-3-7(10)12-8(11-5)4-15-6(2)9(13)14/h3,6H,4H2,1-2H3,(H,13,14). The molecular weight excluding hydrogens is 236 g/mol. The van der Waals surface area contributed by atoms with Crippen LogP contribution < -0.4 is 0 Å². The maximum absolute atomic E-state index is 10.6. The number of thioether (sulfide) groups is 1. The van der Waals surface area contributed by atoms with Gasteiger partial charge in [-0.25, -0.2) is 9.97 Å². The van der Waals surface area contributed by atoms with Crippen LogP contribution >= 0.6 is 23.4 Å². The molecule has 0 spiro atoms. The molecule has 0 bridgehead atoms. The summed E-state index contributed by atoms with van der Waals surface area (Å²) >= 11 is 7.02. The average Bonchev–Trinajstić information content (AvgIpc) is 2.12. The quantitative estimate of drug-likeness (QED) is 0.825. The second kappa shape index (κ2) is 5.32. The van der Waals surface area contributed by atoms with Gasteiger partial charge < -0.3 is 5.11 Å². The Morgan fingerprint density at radius 2 is 2.33 bits per heavy atom. The van der Waals surface area contributed by atoms with E-state index in [9.17, 15) is 4.79 Å². The van der Waals surface area contributed by atoms with Crippen LogP contribution in [0.2, 0.25) is 5.15 Å². The number of rotatable bonds is 4. The van der Waals surface area contributed by atoms with Gasteiger partial charge in [-0.15, -0.1) is 11.8 Å². The molecule has 0 aromatic carbocycles. The SMILES string of the molecule is Cc1cc(Cl)nc(CSC(C)C(=O)O)n1. The van der Waals surface area contributed by atoms with Gasteiger partial charge in [0.05, 0.1) is 11.0 Å². The molecule has 0 saturated heterocycles. The Morgan fingerprint density at radius 1 is 1.67 bits per heavy atom. The lowest BCUT2D eigenvalue weighted by atomic mass is 10.4. The fourth-order valence-corrected chi connectivity index (χ4v) is 1.85. The number of aromatic nitrogens is 2. The maximum Gasteiger partial charge on any atom is 0.316 e. The zero-order valence-corrected chi connectivity index (χ0v) is 9.97. The predicted octanol–water partition coefficient (Wildman–Crippen LogP) is 2.14. The summed E-state index contributed by atoms with van der Waals surface area (Å²) in [6.45, 7) is 3.45. The van der Waals surface area contributed by atoms with Crippen molar-refractivity contribution in [2.24, 2.45) is 0 Å². The molecule has 4 nitrogen and oxygen atoms in total. The van der Waals surface area contributed by atoms with Crippen LogP contribution in [0.4, 0.5) is 0 Å². The molecule has 1 heterocycles. The molecule has 0 radical (unpaired) electrons. The number of carbonyl (C=O) groups is 1. The van der Waals surface area contributed by atoms with Gasteiger partial charge in [0.15, 0.2) is 0 Å². The van der Waals surface area contributed by atoms with Gasteiger partial charge in [-0.3, -0.25) is 4.79 Å². The van der Waals surface area contributed by atoms with E-state index in [0.29, 0.717) is 16.7 Å². The van der Waals surface area contributed by atoms with Gasteiger partial charge in [-0.2, -0.15) is 0 Å². The van der Waals surface area contributed by atoms with Crippen LogP contribution in [0.3, 0.4) is 0 Å². The van der Waals surface area contributed by atoms with Crippen LogP contribution in [-0.2, 0) is 10.5 Å². The lowest BCUT2D eigenvalue weighted by Gasteiger charge is -2.05. The predicted molar refractivity (Wildman–Crippen MR) is 60.2 cm³/mol. The second-order valence-corrected chi connectivity index (χ2v) is 4.76. The van der Waals surface area contributed by atoms with E-state index in [-0.39, 0.29) is 0 Å². The van der Waals surface area contributed by atoms with Crippen molar-refractivity contribution in [2.45, 2.75) is 24.9 Å². The van der Waals surface area contributed by atoms with Crippen LogP contribution in [-0.4, -0.2) is 26.3 Å². The third-order valence-electron chi connectivity index (χ3n) is 1.68. The third-order valence-corrected chi connectivity index (χ3v) is 3.00. The molecule has 1 unspecified atom stereocenters. The molecule has 0 saturated carbocycles. The maximum atomic E-state index is 10.6. The van der Waals surface area contributed by atoms with E-state index in [1.165, 1.54) is 11.8 Å². The van der Waals surface area contributed by atoms with Crippen molar-refractivity contribution in [3.8, 4) is 0 Å². The van der Waals surface area contributed by atoms with Crippen molar-refractivity contribution in [1.29, 1.82) is 0 Å². The number of carboxylic acids is 1. The fraction of sp³-hybridized carbons (Fsp3) is 0.444. The molecule has 1 rings (SSSR count). The molecule has 0 aliphatic heterocycles. The smallest absolute Gasteiger partial charge is 0.316 e. The molecule has 6 heteroatoms. The molecule has 15 heavy (non-hydrogen) atoms. The summed E-state index contributed by atoms with van der Waals surface area (Å²) in [4.78, 5) is 18.7. The molecule has 82 valence electrons. The van der Waals surface area contributed by atoms with Crippen LogP contribution in [0.5, 0.6) is 0 Å². The Kier molecular flexibility index (Phi) is 4.35. The highest BCUT2D eigenvalue weighted by atomic mass is 35.5. The van der Waals surface area contributed by atoms with Crippen molar-refractivity contribution in [3.05, 3.63) is 22.7 Å². The molecule has 0 amide bonds. The van der Waals surface area contributed by atoms with Gasteiger partial charge in [0, 0.05) is 5.69 Å². The highest BCUT2D eigenvalue weighted by Gasteiger charge is 2.12. The first-order valence-electron chi connectivity index (χ1n) is 4.33. The topological polar surface area (TPSA) is 63.1 Å².